The predicted molar refractivity (Wildman–Crippen MR) is 159 cm³/mol. The summed E-state index contributed by atoms with van der Waals surface area (Å²) in [6.07, 6.45) is 4.45. The highest BCUT2D eigenvalue weighted by Gasteiger charge is 2.44. The standard InChI is InChI=1S/C31H38N2O6S2/c1-20(2)31(14-13-22-11-9-8-10-12-22)19-24(34)27(28(35)38-31)40-26-17-21(3)25(18-23(26)30(4,5)6)39-41(36,37)29-32-15-16-33(29)7/h8-12,15-18,20,34H,13-14,19H2,1-7H3. The van der Waals surface area contributed by atoms with Crippen molar-refractivity contribution in [1.29, 1.82) is 0 Å². The smallest absolute Gasteiger partial charge is 0.373 e. The van der Waals surface area contributed by atoms with Gasteiger partial charge in [0, 0.05) is 30.8 Å². The molecule has 0 bridgehead atoms. The summed E-state index contributed by atoms with van der Waals surface area (Å²) in [6, 6.07) is 13.5. The van der Waals surface area contributed by atoms with E-state index < -0.39 is 27.1 Å². The summed E-state index contributed by atoms with van der Waals surface area (Å²) < 4.78 is 38.9. The zero-order chi connectivity index (χ0) is 30.2. The van der Waals surface area contributed by atoms with Gasteiger partial charge in [0.1, 0.15) is 22.0 Å². The van der Waals surface area contributed by atoms with Crippen molar-refractivity contribution in [3.8, 4) is 5.75 Å². The summed E-state index contributed by atoms with van der Waals surface area (Å²) in [6.45, 7) is 11.7. The zero-order valence-electron chi connectivity index (χ0n) is 24.6. The third-order valence-electron chi connectivity index (χ3n) is 7.44. The molecular formula is C31H38N2O6S2. The van der Waals surface area contributed by atoms with Crippen LogP contribution in [0.4, 0.5) is 0 Å². The van der Waals surface area contributed by atoms with E-state index in [4.69, 9.17) is 8.92 Å². The Balaban J connectivity index is 1.65. The second kappa shape index (κ2) is 11.6. The van der Waals surface area contributed by atoms with Crippen LogP contribution in [-0.4, -0.2) is 34.6 Å². The van der Waals surface area contributed by atoms with E-state index in [0.717, 1.165) is 29.3 Å². The van der Waals surface area contributed by atoms with E-state index >= 15 is 0 Å². The molecule has 0 radical (unpaired) electrons. The van der Waals surface area contributed by atoms with Crippen LogP contribution in [0.25, 0.3) is 0 Å². The van der Waals surface area contributed by atoms with E-state index in [-0.39, 0.29) is 33.9 Å². The number of rotatable bonds is 9. The molecule has 1 aromatic heterocycles. The van der Waals surface area contributed by atoms with Crippen LogP contribution in [0.1, 0.15) is 64.2 Å². The molecule has 1 aliphatic rings. The molecule has 41 heavy (non-hydrogen) atoms. The largest absolute Gasteiger partial charge is 0.511 e. The molecule has 8 nitrogen and oxygen atoms in total. The Morgan fingerprint density at radius 2 is 1.88 bits per heavy atom. The molecule has 4 rings (SSSR count). The number of aromatic nitrogens is 2. The first-order valence-corrected chi connectivity index (χ1v) is 15.8. The van der Waals surface area contributed by atoms with Gasteiger partial charge < -0.3 is 18.6 Å². The van der Waals surface area contributed by atoms with Crippen molar-refractivity contribution in [3.05, 3.63) is 82.2 Å². The minimum absolute atomic E-state index is 0.00297. The average Bonchev–Trinajstić information content (AvgIpc) is 3.33. The normalized spacial score (nSPS) is 18.1. The third-order valence-corrected chi connectivity index (χ3v) is 9.84. The highest BCUT2D eigenvalue weighted by atomic mass is 32.2. The van der Waals surface area contributed by atoms with Crippen molar-refractivity contribution < 1.29 is 27.2 Å². The maximum Gasteiger partial charge on any atom is 0.373 e. The van der Waals surface area contributed by atoms with E-state index in [1.165, 1.54) is 17.0 Å². The maximum atomic E-state index is 13.4. The Labute approximate surface area is 246 Å². The number of ether oxygens (including phenoxy) is 1. The molecule has 0 saturated carbocycles. The first kappa shape index (κ1) is 30.7. The lowest BCUT2D eigenvalue weighted by molar-refractivity contribution is -0.164. The highest BCUT2D eigenvalue weighted by Crippen LogP contribution is 2.46. The number of aliphatic hydroxyl groups excluding tert-OH is 1. The fourth-order valence-corrected chi connectivity index (χ4v) is 7.22. The predicted octanol–water partition coefficient (Wildman–Crippen LogP) is 6.63. The zero-order valence-corrected chi connectivity index (χ0v) is 26.2. The molecule has 2 heterocycles. The van der Waals surface area contributed by atoms with Crippen LogP contribution >= 0.6 is 11.8 Å². The average molecular weight is 599 g/mol. The van der Waals surface area contributed by atoms with Gasteiger partial charge >= 0.3 is 16.1 Å². The molecule has 1 atom stereocenters. The van der Waals surface area contributed by atoms with Crippen molar-refractivity contribution >= 4 is 27.8 Å². The van der Waals surface area contributed by atoms with Gasteiger partial charge in [-0.2, -0.15) is 8.42 Å². The second-order valence-corrected chi connectivity index (χ2v) is 14.4. The molecule has 0 fully saturated rings. The van der Waals surface area contributed by atoms with Gasteiger partial charge in [-0.1, -0.05) is 76.7 Å². The number of hydrogen-bond acceptors (Lipinski definition) is 8. The van der Waals surface area contributed by atoms with E-state index in [2.05, 4.69) is 4.98 Å². The third kappa shape index (κ3) is 6.64. The fraction of sp³-hybridized carbons (Fsp3) is 0.419. The van der Waals surface area contributed by atoms with Crippen LogP contribution in [0.15, 0.2) is 75.6 Å². The number of aryl methyl sites for hydroxylation is 3. The second-order valence-electron chi connectivity index (χ2n) is 11.9. The van der Waals surface area contributed by atoms with Crippen molar-refractivity contribution in [1.82, 2.24) is 9.55 Å². The van der Waals surface area contributed by atoms with Crippen LogP contribution in [0, 0.1) is 12.8 Å². The minimum atomic E-state index is -4.17. The molecule has 2 aromatic carbocycles. The number of imidazole rings is 1. The van der Waals surface area contributed by atoms with Gasteiger partial charge in [0.2, 0.25) is 0 Å². The number of thioether (sulfide) groups is 1. The summed E-state index contributed by atoms with van der Waals surface area (Å²) >= 11 is 1.14. The molecule has 3 aromatic rings. The first-order chi connectivity index (χ1) is 19.1. The van der Waals surface area contributed by atoms with Gasteiger partial charge in [0.05, 0.1) is 0 Å². The van der Waals surface area contributed by atoms with Crippen LogP contribution in [0.2, 0.25) is 0 Å². The quantitative estimate of drug-likeness (QED) is 0.216. The van der Waals surface area contributed by atoms with E-state index in [9.17, 15) is 18.3 Å². The number of aliphatic hydroxyl groups is 1. The van der Waals surface area contributed by atoms with Crippen molar-refractivity contribution in [2.24, 2.45) is 13.0 Å². The van der Waals surface area contributed by atoms with Crippen LogP contribution in [0.3, 0.4) is 0 Å². The number of hydrogen-bond donors (Lipinski definition) is 1. The molecule has 1 N–H and O–H groups in total. The first-order valence-electron chi connectivity index (χ1n) is 13.6. The molecule has 0 saturated heterocycles. The van der Waals surface area contributed by atoms with Gasteiger partial charge in [-0.15, -0.1) is 0 Å². The summed E-state index contributed by atoms with van der Waals surface area (Å²) in [4.78, 5) is 18.2. The fourth-order valence-electron chi connectivity index (χ4n) is 4.88. The Morgan fingerprint density at radius 3 is 2.44 bits per heavy atom. The van der Waals surface area contributed by atoms with Gasteiger partial charge in [-0.05, 0) is 59.9 Å². The lowest BCUT2D eigenvalue weighted by Crippen LogP contribution is -2.44. The highest BCUT2D eigenvalue weighted by molar-refractivity contribution is 8.04. The Hall–Kier alpha value is -3.24. The Morgan fingerprint density at radius 1 is 1.20 bits per heavy atom. The van der Waals surface area contributed by atoms with Crippen molar-refractivity contribution in [3.63, 3.8) is 0 Å². The number of carbonyl (C=O) groups is 1. The molecule has 220 valence electrons. The van der Waals surface area contributed by atoms with Gasteiger partial charge in [0.15, 0.2) is 0 Å². The maximum absolute atomic E-state index is 13.4. The van der Waals surface area contributed by atoms with E-state index in [1.54, 1.807) is 26.1 Å². The summed E-state index contributed by atoms with van der Waals surface area (Å²) in [5.41, 5.74) is 1.21. The minimum Gasteiger partial charge on any atom is -0.511 e. The number of benzene rings is 2. The van der Waals surface area contributed by atoms with Crippen LogP contribution in [-0.2, 0) is 38.5 Å². The lowest BCUT2D eigenvalue weighted by atomic mass is 9.80. The van der Waals surface area contributed by atoms with Crippen molar-refractivity contribution in [2.75, 3.05) is 0 Å². The van der Waals surface area contributed by atoms with Gasteiger partial charge in [0.25, 0.3) is 5.16 Å². The molecule has 0 aliphatic carbocycles. The Bertz CT molecular complexity index is 1570. The molecule has 1 aliphatic heterocycles. The van der Waals surface area contributed by atoms with Gasteiger partial charge in [-0.3, -0.25) is 0 Å². The van der Waals surface area contributed by atoms with Crippen LogP contribution < -0.4 is 4.18 Å². The Kier molecular flexibility index (Phi) is 8.66. The summed E-state index contributed by atoms with van der Waals surface area (Å²) in [7, 11) is -2.59. The number of nitrogens with zero attached hydrogens (tertiary/aromatic N) is 2. The van der Waals surface area contributed by atoms with Crippen LogP contribution in [0.5, 0.6) is 5.75 Å². The van der Waals surface area contributed by atoms with Crippen molar-refractivity contribution in [2.45, 2.75) is 81.9 Å². The molecule has 1 unspecified atom stereocenters. The van der Waals surface area contributed by atoms with E-state index in [1.807, 2.05) is 65.0 Å². The SMILES string of the molecule is Cc1cc(SC2=C(O)CC(CCc3ccccc3)(C(C)C)OC2=O)c(C(C)(C)C)cc1OS(=O)(=O)c1nccn1C. The summed E-state index contributed by atoms with van der Waals surface area (Å²) in [5, 5.41) is 11.0. The number of esters is 1. The molecule has 10 heteroatoms. The molecule has 0 amide bonds. The molecular weight excluding hydrogens is 560 g/mol. The number of cyclic esters (lactones) is 1. The lowest BCUT2D eigenvalue weighted by Gasteiger charge is -2.40. The number of carbonyl (C=O) groups excluding carboxylic acids is 1. The monoisotopic (exact) mass is 598 g/mol. The van der Waals surface area contributed by atoms with E-state index in [0.29, 0.717) is 16.9 Å². The topological polar surface area (TPSA) is 108 Å². The molecule has 0 spiro atoms. The van der Waals surface area contributed by atoms with Gasteiger partial charge in [-0.25, -0.2) is 9.78 Å². The summed E-state index contributed by atoms with van der Waals surface area (Å²) in [5.74, 6) is -0.390.